The van der Waals surface area contributed by atoms with Gasteiger partial charge in [0.2, 0.25) is 0 Å². The molecule has 0 saturated carbocycles. The number of halogens is 1. The highest BCUT2D eigenvalue weighted by Crippen LogP contribution is 2.35. The van der Waals surface area contributed by atoms with Gasteiger partial charge in [0.25, 0.3) is 0 Å². The van der Waals surface area contributed by atoms with Crippen LogP contribution in [0.2, 0.25) is 0 Å². The average molecular weight is 185 g/mol. The molecule has 1 aliphatic heterocycles. The molecule has 0 aromatic carbocycles. The van der Waals surface area contributed by atoms with Crippen LogP contribution in [0.4, 0.5) is 0 Å². The maximum atomic E-state index is 10.3. The number of hydrogen-bond donors (Lipinski definition) is 1. The third-order valence-corrected chi connectivity index (χ3v) is 3.63. The van der Waals surface area contributed by atoms with Crippen LogP contribution < -0.4 is 0 Å². The molecular formula is C4H5ClO2S2. The SMILES string of the molecule is O=S(O)C1CC=C(Cl)S1. The van der Waals surface area contributed by atoms with E-state index in [-0.39, 0.29) is 4.58 Å². The Hall–Kier alpha value is 0.490. The molecule has 2 nitrogen and oxygen atoms in total. The van der Waals surface area contributed by atoms with Gasteiger partial charge in [0, 0.05) is 0 Å². The molecule has 1 rings (SSSR count). The monoisotopic (exact) mass is 184 g/mol. The standard InChI is InChI=1S/C4H5ClO2S2/c5-3-1-2-4(8-3)9(6)7/h1,4H,2H2,(H,6,7). The van der Waals surface area contributed by atoms with E-state index in [0.29, 0.717) is 10.8 Å². The summed E-state index contributed by atoms with van der Waals surface area (Å²) in [5.74, 6) is 0. The molecule has 1 N–H and O–H groups in total. The molecule has 5 heteroatoms. The van der Waals surface area contributed by atoms with E-state index < -0.39 is 11.1 Å². The highest BCUT2D eigenvalue weighted by atomic mass is 35.5. The Morgan fingerprint density at radius 2 is 2.67 bits per heavy atom. The van der Waals surface area contributed by atoms with Crippen LogP contribution in [0.25, 0.3) is 0 Å². The van der Waals surface area contributed by atoms with Crippen molar-refractivity contribution in [2.45, 2.75) is 11.0 Å². The van der Waals surface area contributed by atoms with E-state index in [9.17, 15) is 4.21 Å². The maximum Gasteiger partial charge on any atom is 0.167 e. The van der Waals surface area contributed by atoms with Gasteiger partial charge in [-0.1, -0.05) is 29.4 Å². The number of hydrogen-bond acceptors (Lipinski definition) is 2. The third-order valence-electron chi connectivity index (χ3n) is 0.940. The molecule has 0 fully saturated rings. The first kappa shape index (κ1) is 7.60. The Balaban J connectivity index is 2.47. The second-order valence-electron chi connectivity index (χ2n) is 1.57. The fourth-order valence-corrected chi connectivity index (χ4v) is 2.64. The molecule has 0 spiro atoms. The summed E-state index contributed by atoms with van der Waals surface area (Å²) in [4.78, 5) is 0. The van der Waals surface area contributed by atoms with Gasteiger partial charge in [-0.05, 0) is 6.42 Å². The summed E-state index contributed by atoms with van der Waals surface area (Å²) < 4.78 is 19.3. The van der Waals surface area contributed by atoms with Crippen LogP contribution in [0.1, 0.15) is 6.42 Å². The van der Waals surface area contributed by atoms with Gasteiger partial charge in [0.15, 0.2) is 11.1 Å². The molecule has 0 aliphatic carbocycles. The van der Waals surface area contributed by atoms with Gasteiger partial charge in [-0.25, -0.2) is 4.21 Å². The van der Waals surface area contributed by atoms with Crippen LogP contribution in [0.15, 0.2) is 10.4 Å². The second kappa shape index (κ2) is 3.05. The number of rotatable bonds is 1. The summed E-state index contributed by atoms with van der Waals surface area (Å²) in [7, 11) is 0. The van der Waals surface area contributed by atoms with Crippen molar-refractivity contribution in [2.24, 2.45) is 0 Å². The Morgan fingerprint density at radius 1 is 2.00 bits per heavy atom. The minimum atomic E-state index is -1.74. The zero-order valence-electron chi connectivity index (χ0n) is 4.41. The Bertz CT molecular complexity index is 168. The fraction of sp³-hybridized carbons (Fsp3) is 0.500. The van der Waals surface area contributed by atoms with E-state index >= 15 is 0 Å². The third kappa shape index (κ3) is 1.97. The molecule has 0 saturated heterocycles. The highest BCUT2D eigenvalue weighted by molar-refractivity contribution is 8.13. The molecular weight excluding hydrogens is 180 g/mol. The molecule has 0 aromatic heterocycles. The van der Waals surface area contributed by atoms with E-state index in [1.807, 2.05) is 0 Å². The Morgan fingerprint density at radius 3 is 2.89 bits per heavy atom. The number of allylic oxidation sites excluding steroid dienone is 1. The van der Waals surface area contributed by atoms with Crippen LogP contribution >= 0.6 is 23.4 Å². The van der Waals surface area contributed by atoms with Gasteiger partial charge < -0.3 is 4.55 Å². The summed E-state index contributed by atoms with van der Waals surface area (Å²) >= 11 is 5.04. The smallest absolute Gasteiger partial charge is 0.167 e. The molecule has 1 heterocycles. The lowest BCUT2D eigenvalue weighted by atomic mass is 10.5. The van der Waals surface area contributed by atoms with E-state index in [2.05, 4.69) is 0 Å². The van der Waals surface area contributed by atoms with Crippen LogP contribution in [0, 0.1) is 0 Å². The molecule has 0 radical (unpaired) electrons. The van der Waals surface area contributed by atoms with Crippen LogP contribution in [-0.2, 0) is 11.1 Å². The van der Waals surface area contributed by atoms with Gasteiger partial charge in [0.05, 0.1) is 4.36 Å². The quantitative estimate of drug-likeness (QED) is 0.631. The second-order valence-corrected chi connectivity index (χ2v) is 4.86. The van der Waals surface area contributed by atoms with Crippen molar-refractivity contribution in [1.82, 2.24) is 0 Å². The van der Waals surface area contributed by atoms with E-state index in [0.717, 1.165) is 0 Å². The van der Waals surface area contributed by atoms with E-state index in [4.69, 9.17) is 16.2 Å². The Labute approximate surface area is 64.9 Å². The zero-order valence-corrected chi connectivity index (χ0v) is 6.80. The highest BCUT2D eigenvalue weighted by Gasteiger charge is 2.21. The molecule has 0 bridgehead atoms. The normalized spacial score (nSPS) is 30.0. The summed E-state index contributed by atoms with van der Waals surface area (Å²) in [6.07, 6.45) is 2.36. The van der Waals surface area contributed by atoms with Crippen molar-refractivity contribution in [2.75, 3.05) is 0 Å². The maximum absolute atomic E-state index is 10.3. The fourth-order valence-electron chi connectivity index (χ4n) is 0.534. The summed E-state index contributed by atoms with van der Waals surface area (Å²) in [5, 5.41) is 0. The molecule has 0 amide bonds. The van der Waals surface area contributed by atoms with E-state index in [1.165, 1.54) is 11.8 Å². The predicted octanol–water partition coefficient (Wildman–Crippen LogP) is 1.75. The van der Waals surface area contributed by atoms with Gasteiger partial charge in [-0.15, -0.1) is 0 Å². The molecule has 52 valence electrons. The van der Waals surface area contributed by atoms with Crippen LogP contribution in [0.5, 0.6) is 0 Å². The average Bonchev–Trinajstić information content (AvgIpc) is 2.14. The molecule has 1 aliphatic rings. The largest absolute Gasteiger partial charge is 0.305 e. The molecule has 2 unspecified atom stereocenters. The minimum Gasteiger partial charge on any atom is -0.305 e. The summed E-state index contributed by atoms with van der Waals surface area (Å²) in [6.45, 7) is 0. The molecule has 2 atom stereocenters. The minimum absolute atomic E-state index is 0.238. The van der Waals surface area contributed by atoms with Gasteiger partial charge in [-0.2, -0.15) is 0 Å². The first-order valence-corrected chi connectivity index (χ1v) is 4.75. The summed E-state index contributed by atoms with van der Waals surface area (Å²) in [6, 6.07) is 0. The molecule has 0 aromatic rings. The zero-order chi connectivity index (χ0) is 6.85. The summed E-state index contributed by atoms with van der Waals surface area (Å²) in [5.41, 5.74) is 0. The topological polar surface area (TPSA) is 37.3 Å². The van der Waals surface area contributed by atoms with Crippen molar-refractivity contribution in [3.05, 3.63) is 10.4 Å². The van der Waals surface area contributed by atoms with Gasteiger partial charge >= 0.3 is 0 Å². The van der Waals surface area contributed by atoms with Gasteiger partial charge in [-0.3, -0.25) is 0 Å². The number of thioether (sulfide) groups is 1. The molecule has 9 heavy (non-hydrogen) atoms. The van der Waals surface area contributed by atoms with E-state index in [1.54, 1.807) is 6.08 Å². The predicted molar refractivity (Wildman–Crippen MR) is 40.7 cm³/mol. The van der Waals surface area contributed by atoms with Crippen molar-refractivity contribution in [3.63, 3.8) is 0 Å². The van der Waals surface area contributed by atoms with Crippen molar-refractivity contribution >= 4 is 34.4 Å². The van der Waals surface area contributed by atoms with Crippen molar-refractivity contribution in [1.29, 1.82) is 0 Å². The lowest BCUT2D eigenvalue weighted by Crippen LogP contribution is -2.04. The van der Waals surface area contributed by atoms with Crippen molar-refractivity contribution in [3.8, 4) is 0 Å². The van der Waals surface area contributed by atoms with Crippen LogP contribution in [-0.4, -0.2) is 13.3 Å². The Kier molecular flexibility index (Phi) is 2.58. The first-order valence-electron chi connectivity index (χ1n) is 2.32. The van der Waals surface area contributed by atoms with Crippen molar-refractivity contribution < 1.29 is 8.76 Å². The lowest BCUT2D eigenvalue weighted by Gasteiger charge is -1.99. The van der Waals surface area contributed by atoms with Gasteiger partial charge in [0.1, 0.15) is 4.58 Å². The van der Waals surface area contributed by atoms with Crippen LogP contribution in [0.3, 0.4) is 0 Å². The lowest BCUT2D eigenvalue weighted by molar-refractivity contribution is 0.561. The first-order chi connectivity index (χ1) is 4.20.